The van der Waals surface area contributed by atoms with Crippen molar-refractivity contribution in [2.75, 3.05) is 20.0 Å². The van der Waals surface area contributed by atoms with E-state index < -0.39 is 0 Å². The number of rotatable bonds is 9. The molecule has 0 radical (unpaired) electrons. The number of aryl methyl sites for hydroxylation is 1. The molecule has 0 spiro atoms. The van der Waals surface area contributed by atoms with E-state index in [2.05, 4.69) is 20.7 Å². The van der Waals surface area contributed by atoms with Gasteiger partial charge in [-0.3, -0.25) is 9.36 Å². The maximum Gasteiger partial charge on any atom is 0.250 e. The van der Waals surface area contributed by atoms with Gasteiger partial charge in [0.1, 0.15) is 11.5 Å². The first-order chi connectivity index (χ1) is 17.1. The molecular weight excluding hydrogens is 462 g/mol. The average molecular weight is 488 g/mol. The molecule has 0 aliphatic heterocycles. The van der Waals surface area contributed by atoms with E-state index in [1.54, 1.807) is 32.4 Å². The Morgan fingerprint density at radius 1 is 1.03 bits per heavy atom. The standard InChI is InChI=1S/C26H25N5O3S/c1-18-9-11-21(12-10-18)31-25(19-7-5-4-6-8-19)29-30-26(31)35-17-24(32)28-27-16-20-15-22(33-2)13-14-23(20)34-3/h4-16H,17H2,1-3H3,(H,28,32)/b27-16+. The Morgan fingerprint density at radius 3 is 2.51 bits per heavy atom. The minimum absolute atomic E-state index is 0.116. The molecule has 1 aromatic heterocycles. The molecule has 0 bridgehead atoms. The fourth-order valence-electron chi connectivity index (χ4n) is 3.34. The van der Waals surface area contributed by atoms with Crippen LogP contribution in [-0.4, -0.2) is 46.9 Å². The Morgan fingerprint density at radius 2 is 1.80 bits per heavy atom. The lowest BCUT2D eigenvalue weighted by Crippen LogP contribution is -2.20. The van der Waals surface area contributed by atoms with Gasteiger partial charge < -0.3 is 9.47 Å². The number of hydrogen-bond acceptors (Lipinski definition) is 7. The topological polar surface area (TPSA) is 90.6 Å². The van der Waals surface area contributed by atoms with Crippen molar-refractivity contribution in [3.63, 3.8) is 0 Å². The van der Waals surface area contributed by atoms with Gasteiger partial charge in [0, 0.05) is 16.8 Å². The third kappa shape index (κ3) is 5.88. The van der Waals surface area contributed by atoms with Crippen LogP contribution in [0.2, 0.25) is 0 Å². The highest BCUT2D eigenvalue weighted by atomic mass is 32.2. The largest absolute Gasteiger partial charge is 0.497 e. The summed E-state index contributed by atoms with van der Waals surface area (Å²) < 4.78 is 12.5. The Balaban J connectivity index is 1.49. The molecule has 1 heterocycles. The van der Waals surface area contributed by atoms with Crippen molar-refractivity contribution >= 4 is 23.9 Å². The molecule has 0 saturated carbocycles. The van der Waals surface area contributed by atoms with E-state index in [4.69, 9.17) is 9.47 Å². The van der Waals surface area contributed by atoms with Crippen LogP contribution in [0, 0.1) is 6.92 Å². The minimum atomic E-state index is -0.271. The van der Waals surface area contributed by atoms with Crippen LogP contribution >= 0.6 is 11.8 Å². The van der Waals surface area contributed by atoms with Gasteiger partial charge in [-0.05, 0) is 37.3 Å². The zero-order chi connectivity index (χ0) is 24.6. The van der Waals surface area contributed by atoms with Crippen molar-refractivity contribution in [3.05, 3.63) is 83.9 Å². The zero-order valence-electron chi connectivity index (χ0n) is 19.6. The number of hydrogen-bond donors (Lipinski definition) is 1. The van der Waals surface area contributed by atoms with Crippen molar-refractivity contribution < 1.29 is 14.3 Å². The number of aromatic nitrogens is 3. The molecule has 8 nitrogen and oxygen atoms in total. The van der Waals surface area contributed by atoms with Crippen molar-refractivity contribution in [3.8, 4) is 28.6 Å². The highest BCUT2D eigenvalue weighted by Gasteiger charge is 2.17. The molecule has 0 atom stereocenters. The number of nitrogens with one attached hydrogen (secondary N) is 1. The number of carbonyl (C=O) groups excluding carboxylic acids is 1. The molecule has 178 valence electrons. The molecule has 1 N–H and O–H groups in total. The molecule has 3 aromatic carbocycles. The number of hydrazone groups is 1. The predicted octanol–water partition coefficient (Wildman–Crippen LogP) is 4.50. The second-order valence-electron chi connectivity index (χ2n) is 7.53. The van der Waals surface area contributed by atoms with Gasteiger partial charge in [0.25, 0.3) is 5.91 Å². The zero-order valence-corrected chi connectivity index (χ0v) is 20.5. The van der Waals surface area contributed by atoms with Gasteiger partial charge in [0.05, 0.1) is 26.2 Å². The normalized spacial score (nSPS) is 10.9. The molecular formula is C26H25N5O3S. The number of amides is 1. The highest BCUT2D eigenvalue weighted by Crippen LogP contribution is 2.28. The van der Waals surface area contributed by atoms with Gasteiger partial charge in [-0.1, -0.05) is 59.8 Å². The van der Waals surface area contributed by atoms with E-state index in [1.807, 2.05) is 66.1 Å². The number of methoxy groups -OCH3 is 2. The van der Waals surface area contributed by atoms with Crippen LogP contribution in [0.25, 0.3) is 17.1 Å². The quantitative estimate of drug-likeness (QED) is 0.212. The predicted molar refractivity (Wildman–Crippen MR) is 138 cm³/mol. The average Bonchev–Trinajstić information content (AvgIpc) is 3.32. The monoisotopic (exact) mass is 487 g/mol. The van der Waals surface area contributed by atoms with Gasteiger partial charge in [0.2, 0.25) is 0 Å². The van der Waals surface area contributed by atoms with Crippen molar-refractivity contribution in [2.24, 2.45) is 5.10 Å². The van der Waals surface area contributed by atoms with Crippen LogP contribution in [0.5, 0.6) is 11.5 Å². The highest BCUT2D eigenvalue weighted by molar-refractivity contribution is 7.99. The molecule has 1 amide bonds. The summed E-state index contributed by atoms with van der Waals surface area (Å²) in [5.74, 6) is 1.84. The van der Waals surface area contributed by atoms with E-state index in [1.165, 1.54) is 18.0 Å². The summed E-state index contributed by atoms with van der Waals surface area (Å²) in [6.45, 7) is 2.04. The molecule has 0 fully saturated rings. The molecule has 4 aromatic rings. The Bertz CT molecular complexity index is 1320. The number of carbonyl (C=O) groups is 1. The fraction of sp³-hybridized carbons (Fsp3) is 0.154. The minimum Gasteiger partial charge on any atom is -0.497 e. The van der Waals surface area contributed by atoms with Crippen LogP contribution in [-0.2, 0) is 4.79 Å². The SMILES string of the molecule is COc1ccc(OC)c(/C=N/NC(=O)CSc2nnc(-c3ccccc3)n2-c2ccc(C)cc2)c1. The summed E-state index contributed by atoms with van der Waals surface area (Å²) in [4.78, 5) is 12.5. The van der Waals surface area contributed by atoms with E-state index in [0.29, 0.717) is 28.0 Å². The smallest absolute Gasteiger partial charge is 0.250 e. The Hall–Kier alpha value is -4.11. The number of benzene rings is 3. The molecule has 0 aliphatic rings. The maximum absolute atomic E-state index is 12.5. The lowest BCUT2D eigenvalue weighted by molar-refractivity contribution is -0.118. The first-order valence-electron chi connectivity index (χ1n) is 10.8. The van der Waals surface area contributed by atoms with Crippen molar-refractivity contribution in [2.45, 2.75) is 12.1 Å². The molecule has 0 aliphatic carbocycles. The van der Waals surface area contributed by atoms with Crippen LogP contribution in [0.3, 0.4) is 0 Å². The first-order valence-corrected chi connectivity index (χ1v) is 11.8. The molecule has 35 heavy (non-hydrogen) atoms. The van der Waals surface area contributed by atoms with Gasteiger partial charge in [-0.2, -0.15) is 5.10 Å². The molecule has 4 rings (SSSR count). The van der Waals surface area contributed by atoms with Crippen LogP contribution < -0.4 is 14.9 Å². The number of ether oxygens (including phenoxy) is 2. The van der Waals surface area contributed by atoms with E-state index in [0.717, 1.165) is 16.8 Å². The van der Waals surface area contributed by atoms with E-state index in [-0.39, 0.29) is 11.7 Å². The van der Waals surface area contributed by atoms with Crippen LogP contribution in [0.15, 0.2) is 83.1 Å². The summed E-state index contributed by atoms with van der Waals surface area (Å²) in [6, 6.07) is 23.3. The summed E-state index contributed by atoms with van der Waals surface area (Å²) in [5.41, 5.74) is 6.25. The van der Waals surface area contributed by atoms with Crippen molar-refractivity contribution in [1.29, 1.82) is 0 Å². The lowest BCUT2D eigenvalue weighted by Gasteiger charge is -2.10. The van der Waals surface area contributed by atoms with Gasteiger partial charge in [-0.15, -0.1) is 10.2 Å². The number of nitrogens with zero attached hydrogens (tertiary/aromatic N) is 4. The second-order valence-corrected chi connectivity index (χ2v) is 8.48. The second kappa shape index (κ2) is 11.3. The van der Waals surface area contributed by atoms with E-state index >= 15 is 0 Å². The van der Waals surface area contributed by atoms with Gasteiger partial charge in [0.15, 0.2) is 11.0 Å². The lowest BCUT2D eigenvalue weighted by atomic mass is 10.2. The van der Waals surface area contributed by atoms with Crippen molar-refractivity contribution in [1.82, 2.24) is 20.2 Å². The summed E-state index contributed by atoms with van der Waals surface area (Å²) in [5, 5.41) is 13.4. The molecule has 0 unspecified atom stereocenters. The summed E-state index contributed by atoms with van der Waals surface area (Å²) in [7, 11) is 3.16. The van der Waals surface area contributed by atoms with Gasteiger partial charge >= 0.3 is 0 Å². The summed E-state index contributed by atoms with van der Waals surface area (Å²) >= 11 is 1.29. The molecule has 0 saturated heterocycles. The first kappa shape index (κ1) is 24.0. The maximum atomic E-state index is 12.5. The summed E-state index contributed by atoms with van der Waals surface area (Å²) in [6.07, 6.45) is 1.52. The third-order valence-electron chi connectivity index (χ3n) is 5.12. The van der Waals surface area contributed by atoms with E-state index in [9.17, 15) is 4.79 Å². The van der Waals surface area contributed by atoms with Gasteiger partial charge in [-0.25, -0.2) is 5.43 Å². The Kier molecular flexibility index (Phi) is 7.79. The molecule has 9 heteroatoms. The Labute approximate surface area is 208 Å². The fourth-order valence-corrected chi connectivity index (χ4v) is 4.08. The number of thioether (sulfide) groups is 1. The van der Waals surface area contributed by atoms with Crippen LogP contribution in [0.1, 0.15) is 11.1 Å². The van der Waals surface area contributed by atoms with Crippen LogP contribution in [0.4, 0.5) is 0 Å². The third-order valence-corrected chi connectivity index (χ3v) is 6.05.